The maximum Gasteiger partial charge on any atom is 0.0998 e. The SMILES string of the molecule is [2H]C(F)(CC)CCC. The lowest BCUT2D eigenvalue weighted by molar-refractivity contribution is 0.303. The van der Waals surface area contributed by atoms with Gasteiger partial charge in [-0.1, -0.05) is 20.3 Å². The first kappa shape index (κ1) is 5.07. The molecule has 0 aromatic carbocycles. The van der Waals surface area contributed by atoms with Crippen LogP contribution >= 0.6 is 0 Å². The first-order valence-electron chi connectivity index (χ1n) is 3.31. The zero-order valence-corrected chi connectivity index (χ0v) is 5.00. The molecule has 0 radical (unpaired) electrons. The van der Waals surface area contributed by atoms with Gasteiger partial charge >= 0.3 is 0 Å². The van der Waals surface area contributed by atoms with E-state index >= 15 is 0 Å². The van der Waals surface area contributed by atoms with Gasteiger partial charge in [-0.05, 0) is 12.8 Å². The lowest BCUT2D eigenvalue weighted by atomic mass is 10.2. The van der Waals surface area contributed by atoms with Crippen molar-refractivity contribution in [2.24, 2.45) is 0 Å². The molecule has 44 valence electrons. The molecule has 0 saturated heterocycles. The van der Waals surface area contributed by atoms with Crippen molar-refractivity contribution in [3.63, 3.8) is 0 Å². The van der Waals surface area contributed by atoms with E-state index in [0.29, 0.717) is 12.8 Å². The molecule has 0 rings (SSSR count). The quantitative estimate of drug-likeness (QED) is 0.517. The lowest BCUT2D eigenvalue weighted by Gasteiger charge is -1.98. The number of hydrogen-bond acceptors (Lipinski definition) is 0. The summed E-state index contributed by atoms with van der Waals surface area (Å²) in [5, 5.41) is 0. The van der Waals surface area contributed by atoms with Crippen LogP contribution in [0.4, 0.5) is 4.39 Å². The molecule has 1 heteroatoms. The number of halogens is 1. The average Bonchev–Trinajstić information content (AvgIpc) is 1.67. The number of rotatable bonds is 3. The molecule has 0 aromatic rings. The van der Waals surface area contributed by atoms with Gasteiger partial charge in [0.25, 0.3) is 0 Å². The zero-order valence-electron chi connectivity index (χ0n) is 6.00. The minimum atomic E-state index is -1.66. The molecule has 0 bridgehead atoms. The molecule has 0 spiro atoms. The minimum Gasteiger partial charge on any atom is -0.248 e. The van der Waals surface area contributed by atoms with Gasteiger partial charge in [0, 0.05) is 0 Å². The van der Waals surface area contributed by atoms with E-state index in [2.05, 4.69) is 0 Å². The fraction of sp³-hybridized carbons (Fsp3) is 1.00. The Morgan fingerprint density at radius 2 is 2.29 bits per heavy atom. The van der Waals surface area contributed by atoms with Gasteiger partial charge in [-0.2, -0.15) is 0 Å². The van der Waals surface area contributed by atoms with E-state index in [1.165, 1.54) is 0 Å². The second-order valence-electron chi connectivity index (χ2n) is 1.62. The molecule has 0 nitrogen and oxygen atoms in total. The van der Waals surface area contributed by atoms with Gasteiger partial charge in [-0.15, -0.1) is 0 Å². The summed E-state index contributed by atoms with van der Waals surface area (Å²) in [6, 6.07) is 0. The van der Waals surface area contributed by atoms with E-state index in [0.717, 1.165) is 6.42 Å². The molecular weight excluding hydrogens is 91.1 g/mol. The predicted molar refractivity (Wildman–Crippen MR) is 30.1 cm³/mol. The Hall–Kier alpha value is -0.0700. The van der Waals surface area contributed by atoms with E-state index < -0.39 is 6.15 Å². The Balaban J connectivity index is 3.37. The van der Waals surface area contributed by atoms with Crippen molar-refractivity contribution in [1.29, 1.82) is 0 Å². The Labute approximate surface area is 46.1 Å². The van der Waals surface area contributed by atoms with Gasteiger partial charge in [0.1, 0.15) is 0 Å². The van der Waals surface area contributed by atoms with Gasteiger partial charge in [0.05, 0.1) is 7.52 Å². The maximum atomic E-state index is 12.5. The van der Waals surface area contributed by atoms with Crippen molar-refractivity contribution in [2.45, 2.75) is 39.3 Å². The largest absolute Gasteiger partial charge is 0.248 e. The van der Waals surface area contributed by atoms with Crippen LogP contribution in [0.15, 0.2) is 0 Å². The Bertz CT molecular complexity index is 61.5. The summed E-state index contributed by atoms with van der Waals surface area (Å²) >= 11 is 0. The molecule has 1 atom stereocenters. The smallest absolute Gasteiger partial charge is 0.0998 e. The van der Waals surface area contributed by atoms with Crippen LogP contribution in [-0.4, -0.2) is 6.15 Å². The molecule has 0 aliphatic carbocycles. The number of hydrogen-bond donors (Lipinski definition) is 0. The third kappa shape index (κ3) is 3.77. The molecule has 7 heavy (non-hydrogen) atoms. The van der Waals surface area contributed by atoms with Gasteiger partial charge in [0.2, 0.25) is 0 Å². The highest BCUT2D eigenvalue weighted by Gasteiger charge is 1.97. The fourth-order valence-corrected chi connectivity index (χ4v) is 0.448. The highest BCUT2D eigenvalue weighted by molar-refractivity contribution is 4.48. The van der Waals surface area contributed by atoms with Crippen LogP contribution in [0.3, 0.4) is 0 Å². The van der Waals surface area contributed by atoms with Crippen molar-refractivity contribution in [3.8, 4) is 0 Å². The molecule has 0 aromatic heterocycles. The first-order chi connectivity index (χ1) is 3.62. The van der Waals surface area contributed by atoms with Crippen LogP contribution in [0.1, 0.15) is 34.5 Å². The number of alkyl halides is 1. The van der Waals surface area contributed by atoms with Crippen molar-refractivity contribution in [3.05, 3.63) is 0 Å². The van der Waals surface area contributed by atoms with Crippen molar-refractivity contribution < 1.29 is 5.76 Å². The maximum absolute atomic E-state index is 12.5. The van der Waals surface area contributed by atoms with E-state index in [1.54, 1.807) is 6.92 Å². The zero-order chi connectivity index (χ0) is 6.62. The highest BCUT2D eigenvalue weighted by atomic mass is 19.1. The molecule has 1 unspecified atom stereocenters. The third-order valence-electron chi connectivity index (χ3n) is 0.905. The summed E-state index contributed by atoms with van der Waals surface area (Å²) < 4.78 is 19.4. The van der Waals surface area contributed by atoms with E-state index in [4.69, 9.17) is 1.37 Å². The van der Waals surface area contributed by atoms with Crippen LogP contribution < -0.4 is 0 Å². The van der Waals surface area contributed by atoms with Crippen LogP contribution in [0, 0.1) is 0 Å². The van der Waals surface area contributed by atoms with E-state index in [-0.39, 0.29) is 0 Å². The van der Waals surface area contributed by atoms with Gasteiger partial charge in [-0.3, -0.25) is 0 Å². The Morgan fingerprint density at radius 1 is 1.71 bits per heavy atom. The normalized spacial score (nSPS) is 20.7. The molecule has 0 heterocycles. The van der Waals surface area contributed by atoms with E-state index in [9.17, 15) is 4.39 Å². The first-order valence-corrected chi connectivity index (χ1v) is 2.81. The molecule has 0 aliphatic heterocycles. The second-order valence-corrected chi connectivity index (χ2v) is 1.62. The van der Waals surface area contributed by atoms with Gasteiger partial charge in [-0.25, -0.2) is 4.39 Å². The van der Waals surface area contributed by atoms with Crippen molar-refractivity contribution >= 4 is 0 Å². The van der Waals surface area contributed by atoms with Crippen LogP contribution in [0.25, 0.3) is 0 Å². The molecule has 0 aliphatic rings. The summed E-state index contributed by atoms with van der Waals surface area (Å²) in [6.45, 7) is 3.58. The summed E-state index contributed by atoms with van der Waals surface area (Å²) in [7, 11) is 0. The molecule has 0 saturated carbocycles. The van der Waals surface area contributed by atoms with Gasteiger partial charge in [0.15, 0.2) is 0 Å². The van der Waals surface area contributed by atoms with Crippen LogP contribution in [0.2, 0.25) is 0 Å². The van der Waals surface area contributed by atoms with Crippen LogP contribution in [-0.2, 0) is 0 Å². The van der Waals surface area contributed by atoms with Crippen LogP contribution in [0.5, 0.6) is 0 Å². The fourth-order valence-electron chi connectivity index (χ4n) is 0.448. The highest BCUT2D eigenvalue weighted by Crippen LogP contribution is 2.03. The average molecular weight is 105 g/mol. The van der Waals surface area contributed by atoms with Crippen molar-refractivity contribution in [1.82, 2.24) is 0 Å². The standard InChI is InChI=1S/C6H13F/c1-3-5-6(7)4-2/h6H,3-5H2,1-2H3/i6D. The summed E-state index contributed by atoms with van der Waals surface area (Å²) in [5.74, 6) is 0. The van der Waals surface area contributed by atoms with E-state index in [1.807, 2.05) is 6.92 Å². The van der Waals surface area contributed by atoms with Crippen molar-refractivity contribution in [2.75, 3.05) is 0 Å². The minimum absolute atomic E-state index is 0.306. The van der Waals surface area contributed by atoms with Gasteiger partial charge < -0.3 is 0 Å². The molecular formula is C6H13F. The Morgan fingerprint density at radius 3 is 2.43 bits per heavy atom. The summed E-state index contributed by atoms with van der Waals surface area (Å²) in [6.07, 6.45) is -0.229. The molecule has 0 fully saturated rings. The summed E-state index contributed by atoms with van der Waals surface area (Å²) in [4.78, 5) is 0. The topological polar surface area (TPSA) is 0 Å². The molecule has 0 amide bonds. The lowest BCUT2D eigenvalue weighted by Crippen LogP contribution is -1.94. The second kappa shape index (κ2) is 4.10. The third-order valence-corrected chi connectivity index (χ3v) is 0.905. The predicted octanol–water partition coefficient (Wildman–Crippen LogP) is 2.53. The Kier molecular flexibility index (Phi) is 2.97. The monoisotopic (exact) mass is 105 g/mol. The summed E-state index contributed by atoms with van der Waals surface area (Å²) in [5.41, 5.74) is 0. The molecule has 0 N–H and O–H groups in total.